The van der Waals surface area contributed by atoms with Gasteiger partial charge >= 0.3 is 0 Å². The molecule has 21 heavy (non-hydrogen) atoms. The van der Waals surface area contributed by atoms with Crippen molar-refractivity contribution in [3.8, 4) is 0 Å². The predicted octanol–water partition coefficient (Wildman–Crippen LogP) is 1.27. The molecular formula is C16H22N4O. The number of nitrogens with one attached hydrogen (secondary N) is 1. The van der Waals surface area contributed by atoms with Crippen molar-refractivity contribution in [2.24, 2.45) is 4.99 Å². The number of anilines is 1. The van der Waals surface area contributed by atoms with E-state index in [4.69, 9.17) is 0 Å². The molecule has 1 aromatic carbocycles. The zero-order chi connectivity index (χ0) is 15.2. The second kappa shape index (κ2) is 6.92. The monoisotopic (exact) mass is 286 g/mol. The maximum atomic E-state index is 11.7. The second-order valence-electron chi connectivity index (χ2n) is 5.13. The molecule has 0 saturated carbocycles. The fraction of sp³-hybridized carbons (Fsp3) is 0.375. The first-order valence-electron chi connectivity index (χ1n) is 7.08. The van der Waals surface area contributed by atoms with Crippen molar-refractivity contribution >= 4 is 17.6 Å². The van der Waals surface area contributed by atoms with Crippen LogP contribution in [0.25, 0.3) is 0 Å². The van der Waals surface area contributed by atoms with E-state index in [1.165, 1.54) is 5.56 Å². The molecule has 1 aliphatic heterocycles. The summed E-state index contributed by atoms with van der Waals surface area (Å²) in [6.45, 7) is 5.35. The van der Waals surface area contributed by atoms with E-state index >= 15 is 0 Å². The van der Waals surface area contributed by atoms with Crippen molar-refractivity contribution in [2.75, 3.05) is 38.6 Å². The Morgan fingerprint density at radius 2 is 2.24 bits per heavy atom. The van der Waals surface area contributed by atoms with E-state index in [0.29, 0.717) is 6.54 Å². The van der Waals surface area contributed by atoms with Crippen molar-refractivity contribution in [1.82, 2.24) is 10.2 Å². The summed E-state index contributed by atoms with van der Waals surface area (Å²) in [5, 5.41) is 3.23. The van der Waals surface area contributed by atoms with Gasteiger partial charge in [0.05, 0.1) is 0 Å². The highest BCUT2D eigenvalue weighted by Crippen LogP contribution is 2.27. The Balaban J connectivity index is 2.19. The molecule has 1 aliphatic rings. The summed E-state index contributed by atoms with van der Waals surface area (Å²) in [5.41, 5.74) is 2.47. The lowest BCUT2D eigenvalue weighted by molar-refractivity contribution is -0.127. The van der Waals surface area contributed by atoms with Crippen LogP contribution in [-0.2, 0) is 11.2 Å². The molecule has 1 amide bonds. The highest BCUT2D eigenvalue weighted by atomic mass is 16.2. The smallest absolute Gasteiger partial charge is 0.243 e. The zero-order valence-corrected chi connectivity index (χ0v) is 12.7. The molecule has 5 nitrogen and oxygen atoms in total. The average Bonchev–Trinajstić information content (AvgIpc) is 2.91. The Morgan fingerprint density at radius 1 is 1.48 bits per heavy atom. The third-order valence-electron chi connectivity index (χ3n) is 3.41. The summed E-state index contributed by atoms with van der Waals surface area (Å²) in [6.07, 6.45) is 2.78. The van der Waals surface area contributed by atoms with E-state index in [-0.39, 0.29) is 12.5 Å². The van der Waals surface area contributed by atoms with Crippen LogP contribution >= 0.6 is 0 Å². The van der Waals surface area contributed by atoms with Gasteiger partial charge in [-0.2, -0.15) is 0 Å². The molecule has 0 spiro atoms. The number of amides is 1. The van der Waals surface area contributed by atoms with Gasteiger partial charge in [0.2, 0.25) is 5.91 Å². The average molecular weight is 286 g/mol. The lowest BCUT2D eigenvalue weighted by Gasteiger charge is -2.22. The highest BCUT2D eigenvalue weighted by molar-refractivity contribution is 5.99. The van der Waals surface area contributed by atoms with Crippen molar-refractivity contribution in [3.63, 3.8) is 0 Å². The largest absolute Gasteiger partial charge is 0.352 e. The van der Waals surface area contributed by atoms with Crippen LogP contribution < -0.4 is 10.2 Å². The van der Waals surface area contributed by atoms with Crippen LogP contribution in [0.15, 0.2) is 41.9 Å². The fourth-order valence-corrected chi connectivity index (χ4v) is 2.24. The quantitative estimate of drug-likeness (QED) is 0.515. The van der Waals surface area contributed by atoms with E-state index in [2.05, 4.69) is 33.9 Å². The van der Waals surface area contributed by atoms with Crippen LogP contribution in [0.5, 0.6) is 0 Å². The van der Waals surface area contributed by atoms with Gasteiger partial charge < -0.3 is 15.1 Å². The fourth-order valence-electron chi connectivity index (χ4n) is 2.24. The van der Waals surface area contributed by atoms with Crippen molar-refractivity contribution in [3.05, 3.63) is 42.5 Å². The van der Waals surface area contributed by atoms with Gasteiger partial charge in [0.15, 0.2) is 5.96 Å². The number of aliphatic imine (C=N–C) groups is 1. The van der Waals surface area contributed by atoms with E-state index < -0.39 is 0 Å². The Kier molecular flexibility index (Phi) is 4.98. The van der Waals surface area contributed by atoms with Crippen LogP contribution in [0.3, 0.4) is 0 Å². The molecule has 5 heteroatoms. The number of rotatable bonds is 4. The molecule has 1 heterocycles. The first-order chi connectivity index (χ1) is 10.1. The number of carbonyl (C=O) groups is 1. The van der Waals surface area contributed by atoms with Gasteiger partial charge in [-0.15, -0.1) is 6.58 Å². The molecule has 0 saturated heterocycles. The van der Waals surface area contributed by atoms with Crippen molar-refractivity contribution < 1.29 is 4.79 Å². The van der Waals surface area contributed by atoms with Gasteiger partial charge in [-0.05, 0) is 18.1 Å². The minimum absolute atomic E-state index is 0.0135. The summed E-state index contributed by atoms with van der Waals surface area (Å²) >= 11 is 0. The van der Waals surface area contributed by atoms with E-state index in [1.54, 1.807) is 25.1 Å². The van der Waals surface area contributed by atoms with Crippen LogP contribution in [0, 0.1) is 0 Å². The standard InChI is InChI=1S/C16H22N4O/c1-4-10-17-16(18-12-15(21)19(2)3)20-11-9-13-7-5-6-8-14(13)20/h4-8H,1,9-12H2,2-3H3,(H,17,18). The molecule has 0 fully saturated rings. The van der Waals surface area contributed by atoms with Crippen LogP contribution in [0.4, 0.5) is 5.69 Å². The summed E-state index contributed by atoms with van der Waals surface area (Å²) in [7, 11) is 3.47. The Bertz CT molecular complexity index is 551. The minimum Gasteiger partial charge on any atom is -0.352 e. The molecule has 0 radical (unpaired) electrons. The highest BCUT2D eigenvalue weighted by Gasteiger charge is 2.22. The van der Waals surface area contributed by atoms with Crippen molar-refractivity contribution in [1.29, 1.82) is 0 Å². The molecule has 112 valence electrons. The third kappa shape index (κ3) is 3.62. The predicted molar refractivity (Wildman–Crippen MR) is 86.7 cm³/mol. The van der Waals surface area contributed by atoms with Gasteiger partial charge in [-0.3, -0.25) is 4.79 Å². The molecule has 2 rings (SSSR count). The maximum Gasteiger partial charge on any atom is 0.243 e. The van der Waals surface area contributed by atoms with Crippen LogP contribution in [0.2, 0.25) is 0 Å². The van der Waals surface area contributed by atoms with E-state index in [9.17, 15) is 4.79 Å². The molecule has 1 aromatic rings. The molecule has 0 atom stereocenters. The Hall–Kier alpha value is -2.30. The molecular weight excluding hydrogens is 264 g/mol. The summed E-state index contributed by atoms with van der Waals surface area (Å²) in [6, 6.07) is 8.28. The Morgan fingerprint density at radius 3 is 2.95 bits per heavy atom. The molecule has 0 unspecified atom stereocenters. The summed E-state index contributed by atoms with van der Waals surface area (Å²) < 4.78 is 0. The number of likely N-dealkylation sites (N-methyl/N-ethyl adjacent to an activating group) is 1. The topological polar surface area (TPSA) is 47.9 Å². The number of carbonyl (C=O) groups excluding carboxylic acids is 1. The number of para-hydroxylation sites is 1. The number of fused-ring (bicyclic) bond motifs is 1. The molecule has 0 aromatic heterocycles. The summed E-state index contributed by atoms with van der Waals surface area (Å²) in [5.74, 6) is 0.718. The van der Waals surface area contributed by atoms with Crippen LogP contribution in [-0.4, -0.2) is 50.5 Å². The van der Waals surface area contributed by atoms with E-state index in [1.807, 2.05) is 12.1 Å². The molecule has 0 aliphatic carbocycles. The maximum absolute atomic E-state index is 11.7. The number of guanidine groups is 1. The lowest BCUT2D eigenvalue weighted by Crippen LogP contribution is -2.41. The number of nitrogens with zero attached hydrogens (tertiary/aromatic N) is 3. The lowest BCUT2D eigenvalue weighted by atomic mass is 10.2. The number of benzene rings is 1. The number of hydrogen-bond donors (Lipinski definition) is 1. The van der Waals surface area contributed by atoms with Gasteiger partial charge in [0.1, 0.15) is 6.54 Å². The van der Waals surface area contributed by atoms with Gasteiger partial charge in [0.25, 0.3) is 0 Å². The molecule has 0 bridgehead atoms. The van der Waals surface area contributed by atoms with Gasteiger partial charge in [0, 0.05) is 32.9 Å². The SMILES string of the molecule is C=CCNC(=NCC(=O)N(C)C)N1CCc2ccccc21. The van der Waals surface area contributed by atoms with Gasteiger partial charge in [-0.1, -0.05) is 24.3 Å². The Labute approximate surface area is 126 Å². The third-order valence-corrected chi connectivity index (χ3v) is 3.41. The normalized spacial score (nSPS) is 13.8. The second-order valence-corrected chi connectivity index (χ2v) is 5.13. The van der Waals surface area contributed by atoms with Gasteiger partial charge in [-0.25, -0.2) is 4.99 Å². The summed E-state index contributed by atoms with van der Waals surface area (Å²) in [4.78, 5) is 19.9. The minimum atomic E-state index is -0.0135. The van der Waals surface area contributed by atoms with Crippen LogP contribution in [0.1, 0.15) is 5.56 Å². The molecule has 1 N–H and O–H groups in total. The first-order valence-corrected chi connectivity index (χ1v) is 7.08. The zero-order valence-electron chi connectivity index (χ0n) is 12.7. The number of hydrogen-bond acceptors (Lipinski definition) is 2. The first kappa shape index (κ1) is 15.1. The van der Waals surface area contributed by atoms with E-state index in [0.717, 1.165) is 24.6 Å². The van der Waals surface area contributed by atoms with Crippen molar-refractivity contribution in [2.45, 2.75) is 6.42 Å².